The van der Waals surface area contributed by atoms with Crippen LogP contribution in [0.3, 0.4) is 0 Å². The van der Waals surface area contributed by atoms with E-state index in [1.54, 1.807) is 0 Å². The summed E-state index contributed by atoms with van der Waals surface area (Å²) in [4.78, 5) is 0.306. The standard InChI is InChI=1S/C13H16Br2F2/c1-8(2)7-9(14)3-4-10-12(16)6-5-11(15)13(10)17/h5-6,8-9H,3-4,7H2,1-2H3. The molecule has 1 aromatic carbocycles. The van der Waals surface area contributed by atoms with Gasteiger partial charge in [0.05, 0.1) is 4.47 Å². The molecule has 0 bridgehead atoms. The Balaban J connectivity index is 2.66. The van der Waals surface area contributed by atoms with Crippen molar-refractivity contribution in [3.8, 4) is 0 Å². The van der Waals surface area contributed by atoms with Crippen LogP contribution in [0.2, 0.25) is 0 Å². The smallest absolute Gasteiger partial charge is 0.143 e. The lowest BCUT2D eigenvalue weighted by atomic mass is 10.0. The number of halogens is 4. The van der Waals surface area contributed by atoms with Gasteiger partial charge in [-0.2, -0.15) is 0 Å². The highest BCUT2D eigenvalue weighted by molar-refractivity contribution is 9.10. The fraction of sp³-hybridized carbons (Fsp3) is 0.538. The molecular weight excluding hydrogens is 354 g/mol. The van der Waals surface area contributed by atoms with E-state index in [4.69, 9.17) is 0 Å². The Morgan fingerprint density at radius 3 is 2.47 bits per heavy atom. The average molecular weight is 370 g/mol. The van der Waals surface area contributed by atoms with Crippen LogP contribution in [-0.2, 0) is 6.42 Å². The molecule has 0 aliphatic heterocycles. The van der Waals surface area contributed by atoms with E-state index in [2.05, 4.69) is 45.7 Å². The van der Waals surface area contributed by atoms with Gasteiger partial charge in [0.15, 0.2) is 0 Å². The SMILES string of the molecule is CC(C)CC(Br)CCc1c(F)ccc(Br)c1F. The van der Waals surface area contributed by atoms with E-state index in [-0.39, 0.29) is 5.56 Å². The van der Waals surface area contributed by atoms with Crippen molar-refractivity contribution in [2.24, 2.45) is 5.92 Å². The van der Waals surface area contributed by atoms with E-state index in [1.165, 1.54) is 12.1 Å². The summed E-state index contributed by atoms with van der Waals surface area (Å²) in [5, 5.41) is 0. The van der Waals surface area contributed by atoms with Crippen LogP contribution in [0.4, 0.5) is 8.78 Å². The largest absolute Gasteiger partial charge is 0.207 e. The number of hydrogen-bond acceptors (Lipinski definition) is 0. The van der Waals surface area contributed by atoms with Gasteiger partial charge in [0.1, 0.15) is 11.6 Å². The van der Waals surface area contributed by atoms with Gasteiger partial charge >= 0.3 is 0 Å². The third kappa shape index (κ3) is 4.66. The topological polar surface area (TPSA) is 0 Å². The van der Waals surface area contributed by atoms with Gasteiger partial charge in [0, 0.05) is 10.4 Å². The van der Waals surface area contributed by atoms with Gasteiger partial charge < -0.3 is 0 Å². The van der Waals surface area contributed by atoms with Gasteiger partial charge in [0.2, 0.25) is 0 Å². The summed E-state index contributed by atoms with van der Waals surface area (Å²) in [6.45, 7) is 4.27. The van der Waals surface area contributed by atoms with E-state index in [1.807, 2.05) is 0 Å². The molecule has 0 spiro atoms. The second-order valence-corrected chi connectivity index (χ2v) is 6.74. The molecule has 0 heterocycles. The number of hydrogen-bond donors (Lipinski definition) is 0. The van der Waals surface area contributed by atoms with Gasteiger partial charge in [-0.15, -0.1) is 0 Å². The van der Waals surface area contributed by atoms with Crippen molar-refractivity contribution in [1.29, 1.82) is 0 Å². The van der Waals surface area contributed by atoms with Crippen molar-refractivity contribution in [1.82, 2.24) is 0 Å². The molecule has 0 aliphatic rings. The van der Waals surface area contributed by atoms with Gasteiger partial charge in [0.25, 0.3) is 0 Å². The Labute approximate surface area is 118 Å². The third-order valence-electron chi connectivity index (χ3n) is 2.57. The van der Waals surface area contributed by atoms with Crippen LogP contribution >= 0.6 is 31.9 Å². The Morgan fingerprint density at radius 2 is 1.88 bits per heavy atom. The molecule has 0 saturated carbocycles. The third-order valence-corrected chi connectivity index (χ3v) is 4.02. The molecule has 4 heteroatoms. The summed E-state index contributed by atoms with van der Waals surface area (Å²) in [5.74, 6) is -0.360. The van der Waals surface area contributed by atoms with Gasteiger partial charge in [-0.1, -0.05) is 29.8 Å². The molecule has 0 amide bonds. The molecule has 0 fully saturated rings. The highest BCUT2D eigenvalue weighted by Gasteiger charge is 2.14. The second kappa shape index (κ2) is 6.83. The van der Waals surface area contributed by atoms with Crippen molar-refractivity contribution in [3.05, 3.63) is 33.8 Å². The van der Waals surface area contributed by atoms with E-state index in [0.29, 0.717) is 21.6 Å². The molecule has 0 saturated heterocycles. The van der Waals surface area contributed by atoms with Crippen molar-refractivity contribution >= 4 is 31.9 Å². The monoisotopic (exact) mass is 368 g/mol. The van der Waals surface area contributed by atoms with Crippen LogP contribution in [0, 0.1) is 17.6 Å². The Morgan fingerprint density at radius 1 is 1.24 bits per heavy atom. The first-order chi connectivity index (χ1) is 7.91. The van der Waals surface area contributed by atoms with E-state index in [9.17, 15) is 8.78 Å². The zero-order valence-corrected chi connectivity index (χ0v) is 13.1. The number of alkyl halides is 1. The predicted octanol–water partition coefficient (Wildman–Crippen LogP) is 5.47. The van der Waals surface area contributed by atoms with Crippen molar-refractivity contribution in [2.75, 3.05) is 0 Å². The average Bonchev–Trinajstić information content (AvgIpc) is 2.23. The maximum atomic E-state index is 13.7. The quantitative estimate of drug-likeness (QED) is 0.476. The van der Waals surface area contributed by atoms with Crippen LogP contribution in [0.25, 0.3) is 0 Å². The Kier molecular flexibility index (Phi) is 6.07. The summed E-state index contributed by atoms with van der Waals surface area (Å²) >= 11 is 6.62. The lowest BCUT2D eigenvalue weighted by Crippen LogP contribution is -2.06. The van der Waals surface area contributed by atoms with Crippen molar-refractivity contribution < 1.29 is 8.78 Å². The summed E-state index contributed by atoms with van der Waals surface area (Å²) in [5.41, 5.74) is 0.174. The van der Waals surface area contributed by atoms with Gasteiger partial charge in [-0.25, -0.2) is 8.78 Å². The molecule has 0 radical (unpaired) electrons. The lowest BCUT2D eigenvalue weighted by molar-refractivity contribution is 0.524. The first-order valence-corrected chi connectivity index (χ1v) is 7.39. The normalized spacial score (nSPS) is 13.1. The minimum atomic E-state index is -0.478. The molecule has 1 atom stereocenters. The molecule has 96 valence electrons. The second-order valence-electron chi connectivity index (χ2n) is 4.59. The fourth-order valence-corrected chi connectivity index (χ4v) is 3.08. The fourth-order valence-electron chi connectivity index (χ4n) is 1.73. The zero-order valence-electron chi connectivity index (χ0n) is 9.94. The van der Waals surface area contributed by atoms with Crippen LogP contribution in [0.1, 0.15) is 32.3 Å². The molecule has 1 rings (SSSR count). The molecule has 0 nitrogen and oxygen atoms in total. The minimum Gasteiger partial charge on any atom is -0.207 e. The first-order valence-electron chi connectivity index (χ1n) is 5.68. The predicted molar refractivity (Wildman–Crippen MR) is 74.5 cm³/mol. The number of benzene rings is 1. The minimum absolute atomic E-state index is 0.174. The zero-order chi connectivity index (χ0) is 13.0. The molecular formula is C13H16Br2F2. The molecule has 0 aliphatic carbocycles. The van der Waals surface area contributed by atoms with Crippen LogP contribution in [0.5, 0.6) is 0 Å². The molecule has 0 N–H and O–H groups in total. The Hall–Kier alpha value is 0.0400. The maximum absolute atomic E-state index is 13.7. The van der Waals surface area contributed by atoms with E-state index < -0.39 is 11.6 Å². The first kappa shape index (κ1) is 15.1. The van der Waals surface area contributed by atoms with Gasteiger partial charge in [-0.05, 0) is 53.2 Å². The number of rotatable bonds is 5. The summed E-state index contributed by atoms with van der Waals surface area (Å²) in [7, 11) is 0. The van der Waals surface area contributed by atoms with E-state index >= 15 is 0 Å². The van der Waals surface area contributed by atoms with Crippen molar-refractivity contribution in [2.45, 2.75) is 37.9 Å². The summed E-state index contributed by atoms with van der Waals surface area (Å²) in [6, 6.07) is 2.70. The molecule has 0 aromatic heterocycles. The highest BCUT2D eigenvalue weighted by Crippen LogP contribution is 2.25. The lowest BCUT2D eigenvalue weighted by Gasteiger charge is -2.13. The summed E-state index contributed by atoms with van der Waals surface area (Å²) in [6.07, 6.45) is 2.17. The van der Waals surface area contributed by atoms with Crippen LogP contribution in [0.15, 0.2) is 16.6 Å². The molecule has 1 aromatic rings. The van der Waals surface area contributed by atoms with E-state index in [0.717, 1.165) is 12.8 Å². The maximum Gasteiger partial charge on any atom is 0.143 e. The Bertz CT molecular complexity index is 378. The molecule has 17 heavy (non-hydrogen) atoms. The van der Waals surface area contributed by atoms with Gasteiger partial charge in [-0.3, -0.25) is 0 Å². The highest BCUT2D eigenvalue weighted by atomic mass is 79.9. The molecule has 1 unspecified atom stereocenters. The van der Waals surface area contributed by atoms with Crippen LogP contribution < -0.4 is 0 Å². The van der Waals surface area contributed by atoms with Crippen molar-refractivity contribution in [3.63, 3.8) is 0 Å². The summed E-state index contributed by atoms with van der Waals surface area (Å²) < 4.78 is 27.5. The van der Waals surface area contributed by atoms with Crippen LogP contribution in [-0.4, -0.2) is 4.83 Å².